The molecule has 0 rings (SSSR count). The number of hydrogen-bond acceptors (Lipinski definition) is 3. The second-order valence-corrected chi connectivity index (χ2v) is 15.9. The second kappa shape index (κ2) is 40.7. The van der Waals surface area contributed by atoms with Crippen molar-refractivity contribution in [2.24, 2.45) is 5.92 Å². The molecule has 0 amide bonds. The van der Waals surface area contributed by atoms with Crippen LogP contribution in [0.15, 0.2) is 0 Å². The van der Waals surface area contributed by atoms with Gasteiger partial charge in [-0.1, -0.05) is 233 Å². The first kappa shape index (κ1) is 51.0. The molecule has 0 fully saturated rings. The maximum Gasteiger partial charge on any atom is 0.335 e. The van der Waals surface area contributed by atoms with Gasteiger partial charge < -0.3 is 15.3 Å². The van der Waals surface area contributed by atoms with Crippen molar-refractivity contribution in [1.29, 1.82) is 0 Å². The predicted molar refractivity (Wildman–Crippen MR) is 217 cm³/mol. The Balaban J connectivity index is 0. The zero-order valence-electron chi connectivity index (χ0n) is 34.4. The Kier molecular flexibility index (Phi) is 41.5. The first-order valence-corrected chi connectivity index (χ1v) is 22.4. The summed E-state index contributed by atoms with van der Waals surface area (Å²) in [4.78, 5) is 22.2. The van der Waals surface area contributed by atoms with Crippen molar-refractivity contribution in [3.63, 3.8) is 0 Å². The van der Waals surface area contributed by atoms with E-state index in [0.29, 0.717) is 6.42 Å². The zero-order chi connectivity index (χ0) is 37.4. The van der Waals surface area contributed by atoms with E-state index in [1.165, 1.54) is 193 Å². The Morgan fingerprint density at radius 1 is 0.400 bits per heavy atom. The van der Waals surface area contributed by atoms with Gasteiger partial charge in [0.05, 0.1) is 5.92 Å². The minimum Gasteiger partial charge on any atom is -0.481 e. The summed E-state index contributed by atoms with van der Waals surface area (Å²) in [5.41, 5.74) is -1.54. The third-order valence-corrected chi connectivity index (χ3v) is 10.6. The first-order chi connectivity index (χ1) is 24.2. The molecular weight excluding hydrogens is 620 g/mol. The van der Waals surface area contributed by atoms with Crippen molar-refractivity contribution < 1.29 is 24.9 Å². The van der Waals surface area contributed by atoms with Crippen molar-refractivity contribution in [2.45, 2.75) is 271 Å². The highest BCUT2D eigenvalue weighted by Gasteiger charge is 2.28. The number of aliphatic carboxylic acids is 2. The number of carboxylic acids is 2. The molecule has 0 bridgehead atoms. The van der Waals surface area contributed by atoms with Crippen molar-refractivity contribution in [2.75, 3.05) is 0 Å². The monoisotopic (exact) mass is 711 g/mol. The van der Waals surface area contributed by atoms with Gasteiger partial charge in [-0.25, -0.2) is 4.79 Å². The van der Waals surface area contributed by atoms with Gasteiger partial charge in [-0.3, -0.25) is 4.79 Å². The summed E-state index contributed by atoms with van der Waals surface area (Å²) in [6.45, 7) is 8.17. The predicted octanol–water partition coefficient (Wildman–Crippen LogP) is 15.0. The maximum absolute atomic E-state index is 11.5. The van der Waals surface area contributed by atoms with Gasteiger partial charge >= 0.3 is 11.9 Å². The molecule has 5 nitrogen and oxygen atoms in total. The highest BCUT2D eigenvalue weighted by atomic mass is 16.4. The largest absolute Gasteiger partial charge is 0.481 e. The summed E-state index contributed by atoms with van der Waals surface area (Å²) in [7, 11) is 0. The van der Waals surface area contributed by atoms with Crippen molar-refractivity contribution >= 4 is 11.9 Å². The van der Waals surface area contributed by atoms with E-state index in [-0.39, 0.29) is 5.92 Å². The normalized spacial score (nSPS) is 13.1. The Bertz CT molecular complexity index is 691. The van der Waals surface area contributed by atoms with Gasteiger partial charge in [0, 0.05) is 0 Å². The average Bonchev–Trinajstić information content (AvgIpc) is 3.09. The minimum atomic E-state index is -1.54. The molecule has 3 N–H and O–H groups in total. The minimum absolute atomic E-state index is 0.0952. The van der Waals surface area contributed by atoms with Gasteiger partial charge in [0.1, 0.15) is 0 Å². The van der Waals surface area contributed by atoms with Gasteiger partial charge in [-0.15, -0.1) is 0 Å². The van der Waals surface area contributed by atoms with Gasteiger partial charge in [-0.2, -0.15) is 0 Å². The number of aliphatic hydroxyl groups is 1. The molecule has 2 unspecified atom stereocenters. The molecule has 50 heavy (non-hydrogen) atoms. The van der Waals surface area contributed by atoms with Crippen LogP contribution in [0.4, 0.5) is 0 Å². The van der Waals surface area contributed by atoms with E-state index in [9.17, 15) is 19.8 Å². The fraction of sp³-hybridized carbons (Fsp3) is 0.956. The standard InChI is InChI=1S/C28H56O2.C17H34O3/c1-3-5-7-9-11-13-15-16-18-20-22-24-26-27(28(29)30)25-23-21-19-17-14-12-10-8-6-4-2;1-3-4-5-6-7-8-9-10-11-12-13-14-15-17(2,20)16(18)19/h27H,3-26H2,1-2H3,(H,29,30);20H,3-15H2,1-2H3,(H,18,19). The molecule has 0 saturated heterocycles. The Morgan fingerprint density at radius 2 is 0.620 bits per heavy atom. The second-order valence-electron chi connectivity index (χ2n) is 15.9. The van der Waals surface area contributed by atoms with Crippen molar-refractivity contribution in [3.05, 3.63) is 0 Å². The van der Waals surface area contributed by atoms with Crippen LogP contribution >= 0.6 is 0 Å². The number of rotatable bonds is 39. The summed E-state index contributed by atoms with van der Waals surface area (Å²) in [5.74, 6) is -1.77. The lowest BCUT2D eigenvalue weighted by Gasteiger charge is -2.17. The molecule has 0 aromatic heterocycles. The van der Waals surface area contributed by atoms with Crippen LogP contribution in [0.3, 0.4) is 0 Å². The molecule has 300 valence electrons. The summed E-state index contributed by atoms with van der Waals surface area (Å²) in [6, 6.07) is 0. The molecule has 2 atom stereocenters. The summed E-state index contributed by atoms with van der Waals surface area (Å²) >= 11 is 0. The smallest absolute Gasteiger partial charge is 0.335 e. The van der Waals surface area contributed by atoms with E-state index in [2.05, 4.69) is 20.8 Å². The molecule has 0 aliphatic heterocycles. The van der Waals surface area contributed by atoms with Crippen LogP contribution < -0.4 is 0 Å². The van der Waals surface area contributed by atoms with Crippen LogP contribution in [-0.4, -0.2) is 32.9 Å². The molecule has 0 spiro atoms. The highest BCUT2D eigenvalue weighted by Crippen LogP contribution is 2.21. The molecule has 0 aromatic carbocycles. The van der Waals surface area contributed by atoms with Gasteiger partial charge in [0.2, 0.25) is 0 Å². The molecular formula is C45H90O5. The van der Waals surface area contributed by atoms with Crippen LogP contribution in [0.2, 0.25) is 0 Å². The number of unbranched alkanes of at least 4 members (excludes halogenated alkanes) is 31. The molecule has 0 aliphatic rings. The Hall–Kier alpha value is -1.10. The lowest BCUT2D eigenvalue weighted by molar-refractivity contribution is -0.157. The summed E-state index contributed by atoms with van der Waals surface area (Å²) in [5, 5.41) is 27.8. The first-order valence-electron chi connectivity index (χ1n) is 22.4. The molecule has 0 heterocycles. The third-order valence-electron chi connectivity index (χ3n) is 10.6. The topological polar surface area (TPSA) is 94.8 Å². The SMILES string of the molecule is CCCCCCCCCCCCCCC(C)(O)C(=O)O.CCCCCCCCCCCCCCC(CCCCCCCCCCCC)C(=O)O. The highest BCUT2D eigenvalue weighted by molar-refractivity contribution is 5.76. The maximum atomic E-state index is 11.5. The number of hydrogen-bond donors (Lipinski definition) is 3. The molecule has 0 saturated carbocycles. The lowest BCUT2D eigenvalue weighted by atomic mass is 9.94. The molecule has 0 radical (unpaired) electrons. The Morgan fingerprint density at radius 3 is 0.840 bits per heavy atom. The van der Waals surface area contributed by atoms with Crippen LogP contribution in [0.1, 0.15) is 265 Å². The molecule has 5 heteroatoms. The number of carbonyl (C=O) groups is 2. The van der Waals surface area contributed by atoms with E-state index in [1.54, 1.807) is 0 Å². The zero-order valence-corrected chi connectivity index (χ0v) is 34.4. The summed E-state index contributed by atoms with van der Waals surface area (Å²) in [6.07, 6.45) is 46.5. The molecule has 0 aliphatic carbocycles. The van der Waals surface area contributed by atoms with E-state index in [0.717, 1.165) is 44.9 Å². The van der Waals surface area contributed by atoms with Crippen LogP contribution in [0.5, 0.6) is 0 Å². The fourth-order valence-corrected chi connectivity index (χ4v) is 6.92. The van der Waals surface area contributed by atoms with Crippen molar-refractivity contribution in [1.82, 2.24) is 0 Å². The van der Waals surface area contributed by atoms with E-state index in [1.807, 2.05) is 0 Å². The van der Waals surface area contributed by atoms with Gasteiger partial charge in [0.15, 0.2) is 5.60 Å². The number of carboxylic acid groups (broad SMARTS) is 2. The van der Waals surface area contributed by atoms with Crippen LogP contribution in [0.25, 0.3) is 0 Å². The van der Waals surface area contributed by atoms with E-state index in [4.69, 9.17) is 5.11 Å². The quantitative estimate of drug-likeness (QED) is 0.0552. The van der Waals surface area contributed by atoms with Gasteiger partial charge in [0.25, 0.3) is 0 Å². The lowest BCUT2D eigenvalue weighted by Crippen LogP contribution is -2.34. The van der Waals surface area contributed by atoms with E-state index >= 15 is 0 Å². The summed E-state index contributed by atoms with van der Waals surface area (Å²) < 4.78 is 0. The van der Waals surface area contributed by atoms with E-state index < -0.39 is 17.5 Å². The van der Waals surface area contributed by atoms with Crippen LogP contribution in [-0.2, 0) is 9.59 Å². The Labute approximate surface area is 313 Å². The molecule has 0 aromatic rings. The van der Waals surface area contributed by atoms with Gasteiger partial charge in [-0.05, 0) is 32.6 Å². The van der Waals surface area contributed by atoms with Crippen molar-refractivity contribution in [3.8, 4) is 0 Å². The fourth-order valence-electron chi connectivity index (χ4n) is 6.92. The average molecular weight is 711 g/mol. The van der Waals surface area contributed by atoms with Crippen LogP contribution in [0, 0.1) is 5.92 Å². The third kappa shape index (κ3) is 39.7.